The molecule has 8 heteroatoms. The van der Waals surface area contributed by atoms with Gasteiger partial charge in [0.25, 0.3) is 0 Å². The monoisotopic (exact) mass is 283 g/mol. The van der Waals surface area contributed by atoms with Crippen LogP contribution in [-0.4, -0.2) is 45.6 Å². The van der Waals surface area contributed by atoms with E-state index in [0.717, 1.165) is 12.8 Å². The number of rotatable bonds is 9. The fraction of sp³-hybridized carbons (Fsp3) is 0.583. The van der Waals surface area contributed by atoms with E-state index in [9.17, 15) is 9.59 Å². The number of hydrogen-bond donors (Lipinski definition) is 5. The van der Waals surface area contributed by atoms with E-state index in [1.165, 1.54) is 12.5 Å². The van der Waals surface area contributed by atoms with Gasteiger partial charge in [-0.25, -0.2) is 9.78 Å². The number of carbonyl (C=O) groups is 2. The molecule has 1 aromatic heterocycles. The van der Waals surface area contributed by atoms with Crippen molar-refractivity contribution >= 4 is 11.9 Å². The maximum atomic E-state index is 11.8. The number of nitrogens with zero attached hydrogens (tertiary/aromatic N) is 1. The van der Waals surface area contributed by atoms with Crippen LogP contribution in [0, 0.1) is 0 Å². The standard InChI is InChI=1S/C12H21N5O3/c13-4-2-1-3-9(14)11(18)17-10(12(19)20)5-8-6-15-7-16-8/h6-7,9-10H,1-5,13-14H2,(H,15,16)(H,17,18)(H,19,20)/t9-,10-/m0/s1. The quantitative estimate of drug-likeness (QED) is 0.366. The molecule has 0 fully saturated rings. The molecule has 0 radical (unpaired) electrons. The van der Waals surface area contributed by atoms with E-state index in [1.54, 1.807) is 0 Å². The van der Waals surface area contributed by atoms with Gasteiger partial charge in [-0.05, 0) is 19.4 Å². The minimum Gasteiger partial charge on any atom is -0.480 e. The SMILES string of the molecule is NCCCC[C@H](N)C(=O)N[C@@H](Cc1cnc[nH]1)C(=O)O. The molecule has 0 bridgehead atoms. The molecule has 7 N–H and O–H groups in total. The van der Waals surface area contributed by atoms with Gasteiger partial charge in [0.05, 0.1) is 12.4 Å². The van der Waals surface area contributed by atoms with Gasteiger partial charge in [-0.15, -0.1) is 0 Å². The van der Waals surface area contributed by atoms with Gasteiger partial charge in [-0.3, -0.25) is 4.79 Å². The second-order valence-corrected chi connectivity index (χ2v) is 4.57. The van der Waals surface area contributed by atoms with Crippen molar-refractivity contribution in [3.8, 4) is 0 Å². The fourth-order valence-corrected chi connectivity index (χ4v) is 1.73. The Bertz CT molecular complexity index is 421. The Labute approximate surface area is 116 Å². The number of carboxylic acids is 1. The molecule has 0 unspecified atom stereocenters. The lowest BCUT2D eigenvalue weighted by Gasteiger charge is -2.17. The maximum Gasteiger partial charge on any atom is 0.326 e. The Hall–Kier alpha value is -1.93. The highest BCUT2D eigenvalue weighted by Gasteiger charge is 2.23. The van der Waals surface area contributed by atoms with Gasteiger partial charge in [0.2, 0.25) is 5.91 Å². The summed E-state index contributed by atoms with van der Waals surface area (Å²) in [7, 11) is 0. The van der Waals surface area contributed by atoms with Crippen molar-refractivity contribution in [2.45, 2.75) is 37.8 Å². The number of nitrogens with two attached hydrogens (primary N) is 2. The number of aliphatic carboxylic acids is 1. The average Bonchev–Trinajstić information content (AvgIpc) is 2.90. The average molecular weight is 283 g/mol. The van der Waals surface area contributed by atoms with Crippen molar-refractivity contribution in [2.75, 3.05) is 6.54 Å². The van der Waals surface area contributed by atoms with E-state index in [1.807, 2.05) is 0 Å². The first-order valence-electron chi connectivity index (χ1n) is 6.50. The molecule has 0 spiro atoms. The summed E-state index contributed by atoms with van der Waals surface area (Å²) in [6.45, 7) is 0.548. The highest BCUT2D eigenvalue weighted by atomic mass is 16.4. The Kier molecular flexibility index (Phi) is 6.68. The van der Waals surface area contributed by atoms with Gasteiger partial charge in [0.1, 0.15) is 6.04 Å². The van der Waals surface area contributed by atoms with Gasteiger partial charge in [0, 0.05) is 18.3 Å². The molecule has 2 atom stereocenters. The van der Waals surface area contributed by atoms with Crippen molar-refractivity contribution < 1.29 is 14.7 Å². The van der Waals surface area contributed by atoms with Gasteiger partial charge in [-0.2, -0.15) is 0 Å². The predicted octanol–water partition coefficient (Wildman–Crippen LogP) is -1.02. The van der Waals surface area contributed by atoms with E-state index in [4.69, 9.17) is 16.6 Å². The summed E-state index contributed by atoms with van der Waals surface area (Å²) in [5, 5.41) is 11.5. The molecule has 0 aromatic carbocycles. The number of aromatic nitrogens is 2. The number of H-pyrrole nitrogens is 1. The molecule has 0 aliphatic carbocycles. The zero-order valence-corrected chi connectivity index (χ0v) is 11.2. The molecule has 0 aliphatic rings. The van der Waals surface area contributed by atoms with E-state index in [0.29, 0.717) is 18.7 Å². The van der Waals surface area contributed by atoms with Gasteiger partial charge in [0.15, 0.2) is 0 Å². The van der Waals surface area contributed by atoms with Crippen LogP contribution in [0.15, 0.2) is 12.5 Å². The summed E-state index contributed by atoms with van der Waals surface area (Å²) >= 11 is 0. The summed E-state index contributed by atoms with van der Waals surface area (Å²) in [6.07, 6.45) is 5.12. The normalized spacial score (nSPS) is 13.7. The van der Waals surface area contributed by atoms with Crippen LogP contribution in [0.4, 0.5) is 0 Å². The first-order chi connectivity index (χ1) is 9.54. The van der Waals surface area contributed by atoms with Crippen molar-refractivity contribution in [1.29, 1.82) is 0 Å². The molecule has 0 aliphatic heterocycles. The molecule has 8 nitrogen and oxygen atoms in total. The third-order valence-corrected chi connectivity index (χ3v) is 2.90. The lowest BCUT2D eigenvalue weighted by atomic mass is 10.1. The summed E-state index contributed by atoms with van der Waals surface area (Å²) in [6, 6.07) is -1.74. The summed E-state index contributed by atoms with van der Waals surface area (Å²) < 4.78 is 0. The number of nitrogens with one attached hydrogen (secondary N) is 2. The highest BCUT2D eigenvalue weighted by molar-refractivity contribution is 5.86. The molecular weight excluding hydrogens is 262 g/mol. The van der Waals surface area contributed by atoms with Crippen molar-refractivity contribution in [2.24, 2.45) is 11.5 Å². The third kappa shape index (κ3) is 5.37. The second kappa shape index (κ2) is 8.28. The van der Waals surface area contributed by atoms with Crippen LogP contribution >= 0.6 is 0 Å². The highest BCUT2D eigenvalue weighted by Crippen LogP contribution is 2.02. The zero-order valence-electron chi connectivity index (χ0n) is 11.2. The summed E-state index contributed by atoms with van der Waals surface area (Å²) in [5.41, 5.74) is 11.7. The van der Waals surface area contributed by atoms with Crippen LogP contribution in [0.5, 0.6) is 0 Å². The number of imidazole rings is 1. The summed E-state index contributed by atoms with van der Waals surface area (Å²) in [5.74, 6) is -1.57. The molecule has 1 aromatic rings. The number of carboxylic acid groups (broad SMARTS) is 1. The minimum atomic E-state index is -1.11. The molecular formula is C12H21N5O3. The lowest BCUT2D eigenvalue weighted by molar-refractivity contribution is -0.142. The fourth-order valence-electron chi connectivity index (χ4n) is 1.73. The third-order valence-electron chi connectivity index (χ3n) is 2.90. The van der Waals surface area contributed by atoms with Crippen molar-refractivity contribution in [1.82, 2.24) is 15.3 Å². The van der Waals surface area contributed by atoms with Crippen LogP contribution in [-0.2, 0) is 16.0 Å². The molecule has 1 rings (SSSR count). The molecule has 112 valence electrons. The number of aromatic amines is 1. The van der Waals surface area contributed by atoms with Gasteiger partial charge in [-0.1, -0.05) is 6.42 Å². The molecule has 0 saturated carbocycles. The number of hydrogen-bond acceptors (Lipinski definition) is 5. The van der Waals surface area contributed by atoms with Crippen molar-refractivity contribution in [3.05, 3.63) is 18.2 Å². The largest absolute Gasteiger partial charge is 0.480 e. The summed E-state index contributed by atoms with van der Waals surface area (Å²) in [4.78, 5) is 29.6. The van der Waals surface area contributed by atoms with Crippen LogP contribution in [0.3, 0.4) is 0 Å². The van der Waals surface area contributed by atoms with Crippen LogP contribution in [0.1, 0.15) is 25.0 Å². The van der Waals surface area contributed by atoms with E-state index >= 15 is 0 Å². The molecule has 20 heavy (non-hydrogen) atoms. The topological polar surface area (TPSA) is 147 Å². The van der Waals surface area contributed by atoms with Crippen LogP contribution in [0.25, 0.3) is 0 Å². The minimum absolute atomic E-state index is 0.136. The van der Waals surface area contributed by atoms with E-state index < -0.39 is 24.0 Å². The smallest absolute Gasteiger partial charge is 0.326 e. The molecule has 1 heterocycles. The number of amides is 1. The van der Waals surface area contributed by atoms with E-state index in [2.05, 4.69) is 15.3 Å². The number of carbonyl (C=O) groups excluding carboxylic acids is 1. The number of unbranched alkanes of at least 4 members (excludes halogenated alkanes) is 1. The Balaban J connectivity index is 2.48. The lowest BCUT2D eigenvalue weighted by Crippen LogP contribution is -2.49. The first kappa shape index (κ1) is 16.1. The molecule has 1 amide bonds. The second-order valence-electron chi connectivity index (χ2n) is 4.57. The van der Waals surface area contributed by atoms with Gasteiger partial charge >= 0.3 is 5.97 Å². The molecule has 0 saturated heterocycles. The Morgan fingerprint density at radius 3 is 2.75 bits per heavy atom. The maximum absolute atomic E-state index is 11.8. The zero-order chi connectivity index (χ0) is 15.0. The Morgan fingerprint density at radius 2 is 2.20 bits per heavy atom. The Morgan fingerprint density at radius 1 is 1.45 bits per heavy atom. The van der Waals surface area contributed by atoms with Crippen LogP contribution in [0.2, 0.25) is 0 Å². The van der Waals surface area contributed by atoms with Gasteiger partial charge < -0.3 is 26.9 Å². The van der Waals surface area contributed by atoms with Crippen LogP contribution < -0.4 is 16.8 Å². The van der Waals surface area contributed by atoms with E-state index in [-0.39, 0.29) is 6.42 Å². The van der Waals surface area contributed by atoms with Crippen molar-refractivity contribution in [3.63, 3.8) is 0 Å². The predicted molar refractivity (Wildman–Crippen MR) is 72.7 cm³/mol. The first-order valence-corrected chi connectivity index (χ1v) is 6.50.